The summed E-state index contributed by atoms with van der Waals surface area (Å²) >= 11 is 0. The molecule has 0 saturated heterocycles. The SMILES string of the molecule is COc1cc2ncnc(-c3cn(C)c4ccccc34)c2cc1OC. The summed E-state index contributed by atoms with van der Waals surface area (Å²) in [6, 6.07) is 12.1. The third-order valence-corrected chi connectivity index (χ3v) is 4.29. The fourth-order valence-corrected chi connectivity index (χ4v) is 3.13. The molecular weight excluding hydrogens is 302 g/mol. The van der Waals surface area contributed by atoms with Crippen molar-refractivity contribution in [2.24, 2.45) is 7.05 Å². The molecule has 2 aromatic heterocycles. The number of ether oxygens (including phenoxy) is 2. The van der Waals surface area contributed by atoms with Gasteiger partial charge < -0.3 is 14.0 Å². The maximum absolute atomic E-state index is 5.44. The summed E-state index contributed by atoms with van der Waals surface area (Å²) in [5.74, 6) is 1.33. The molecule has 0 radical (unpaired) electrons. The zero-order valence-electron chi connectivity index (χ0n) is 13.8. The topological polar surface area (TPSA) is 49.2 Å². The minimum Gasteiger partial charge on any atom is -0.493 e. The Bertz CT molecular complexity index is 1050. The van der Waals surface area contributed by atoms with Crippen LogP contribution in [0.5, 0.6) is 11.5 Å². The van der Waals surface area contributed by atoms with Crippen molar-refractivity contribution < 1.29 is 9.47 Å². The van der Waals surface area contributed by atoms with Gasteiger partial charge in [-0.3, -0.25) is 0 Å². The Hall–Kier alpha value is -3.08. The van der Waals surface area contributed by atoms with Crippen LogP contribution in [-0.4, -0.2) is 28.8 Å². The summed E-state index contributed by atoms with van der Waals surface area (Å²) in [6.07, 6.45) is 3.69. The predicted molar refractivity (Wildman–Crippen MR) is 94.6 cm³/mol. The van der Waals surface area contributed by atoms with Gasteiger partial charge in [-0.25, -0.2) is 9.97 Å². The standard InChI is InChI=1S/C19H17N3O2/c1-22-10-14(12-6-4-5-7-16(12)22)19-13-8-17(23-2)18(24-3)9-15(13)20-11-21-19/h4-11H,1-3H3. The van der Waals surface area contributed by atoms with Crippen LogP contribution >= 0.6 is 0 Å². The number of fused-ring (bicyclic) bond motifs is 2. The van der Waals surface area contributed by atoms with Gasteiger partial charge in [-0.15, -0.1) is 0 Å². The van der Waals surface area contributed by atoms with Gasteiger partial charge in [0.05, 0.1) is 25.4 Å². The minimum absolute atomic E-state index is 0.660. The van der Waals surface area contributed by atoms with Crippen molar-refractivity contribution in [2.45, 2.75) is 0 Å². The zero-order chi connectivity index (χ0) is 16.7. The van der Waals surface area contributed by atoms with Crippen LogP contribution in [0.2, 0.25) is 0 Å². The van der Waals surface area contributed by atoms with Crippen LogP contribution in [-0.2, 0) is 7.05 Å². The van der Waals surface area contributed by atoms with Crippen LogP contribution in [0.15, 0.2) is 48.9 Å². The highest BCUT2D eigenvalue weighted by Crippen LogP contribution is 2.37. The second kappa shape index (κ2) is 5.53. The molecule has 0 aliphatic carbocycles. The number of aromatic nitrogens is 3. The highest BCUT2D eigenvalue weighted by atomic mass is 16.5. The summed E-state index contributed by atoms with van der Waals surface area (Å²) in [5, 5.41) is 2.10. The van der Waals surface area contributed by atoms with E-state index in [0.29, 0.717) is 11.5 Å². The largest absolute Gasteiger partial charge is 0.493 e. The quantitative estimate of drug-likeness (QED) is 0.576. The zero-order valence-corrected chi connectivity index (χ0v) is 13.8. The number of methoxy groups -OCH3 is 2. The van der Waals surface area contributed by atoms with Crippen LogP contribution in [0.1, 0.15) is 0 Å². The van der Waals surface area contributed by atoms with Crippen LogP contribution in [0.3, 0.4) is 0 Å². The van der Waals surface area contributed by atoms with E-state index in [4.69, 9.17) is 9.47 Å². The van der Waals surface area contributed by atoms with Crippen molar-refractivity contribution >= 4 is 21.8 Å². The molecule has 24 heavy (non-hydrogen) atoms. The van der Waals surface area contributed by atoms with Gasteiger partial charge in [0.25, 0.3) is 0 Å². The Morgan fingerprint density at radius 2 is 1.67 bits per heavy atom. The lowest BCUT2D eigenvalue weighted by Gasteiger charge is -2.10. The molecule has 5 heteroatoms. The molecule has 0 spiro atoms. The van der Waals surface area contributed by atoms with Gasteiger partial charge in [0, 0.05) is 41.2 Å². The maximum atomic E-state index is 5.44. The van der Waals surface area contributed by atoms with Crippen molar-refractivity contribution in [2.75, 3.05) is 14.2 Å². The molecule has 2 heterocycles. The van der Waals surface area contributed by atoms with E-state index in [1.165, 1.54) is 5.52 Å². The first-order valence-corrected chi connectivity index (χ1v) is 7.64. The molecule has 4 rings (SSSR count). The van der Waals surface area contributed by atoms with Gasteiger partial charge in [0.15, 0.2) is 11.5 Å². The highest BCUT2D eigenvalue weighted by molar-refractivity contribution is 6.03. The van der Waals surface area contributed by atoms with E-state index in [-0.39, 0.29) is 0 Å². The van der Waals surface area contributed by atoms with Crippen molar-refractivity contribution in [3.05, 3.63) is 48.9 Å². The van der Waals surface area contributed by atoms with E-state index >= 15 is 0 Å². The number of benzene rings is 2. The molecule has 120 valence electrons. The first kappa shape index (κ1) is 14.5. The highest BCUT2D eigenvalue weighted by Gasteiger charge is 2.15. The maximum Gasteiger partial charge on any atom is 0.162 e. The number of para-hydroxylation sites is 1. The van der Waals surface area contributed by atoms with Crippen molar-refractivity contribution in [3.63, 3.8) is 0 Å². The molecule has 0 atom stereocenters. The van der Waals surface area contributed by atoms with E-state index in [0.717, 1.165) is 27.5 Å². The molecule has 0 amide bonds. The summed E-state index contributed by atoms with van der Waals surface area (Å²) in [5.41, 5.74) is 3.95. The Morgan fingerprint density at radius 3 is 2.46 bits per heavy atom. The van der Waals surface area contributed by atoms with E-state index in [1.54, 1.807) is 20.5 Å². The van der Waals surface area contributed by atoms with Crippen LogP contribution in [0, 0.1) is 0 Å². The molecule has 0 unspecified atom stereocenters. The number of hydrogen-bond acceptors (Lipinski definition) is 4. The fraction of sp³-hybridized carbons (Fsp3) is 0.158. The molecule has 0 fully saturated rings. The van der Waals surface area contributed by atoms with Gasteiger partial charge in [0.2, 0.25) is 0 Å². The molecular formula is C19H17N3O2. The van der Waals surface area contributed by atoms with Crippen molar-refractivity contribution in [3.8, 4) is 22.8 Å². The van der Waals surface area contributed by atoms with Gasteiger partial charge in [-0.2, -0.15) is 0 Å². The number of rotatable bonds is 3. The summed E-state index contributed by atoms with van der Waals surface area (Å²) < 4.78 is 12.9. The van der Waals surface area contributed by atoms with Gasteiger partial charge in [0.1, 0.15) is 6.33 Å². The second-order valence-corrected chi connectivity index (χ2v) is 5.62. The van der Waals surface area contributed by atoms with E-state index in [2.05, 4.69) is 32.9 Å². The minimum atomic E-state index is 0.660. The van der Waals surface area contributed by atoms with Gasteiger partial charge >= 0.3 is 0 Å². The summed E-state index contributed by atoms with van der Waals surface area (Å²) in [6.45, 7) is 0. The summed E-state index contributed by atoms with van der Waals surface area (Å²) in [4.78, 5) is 8.94. The third kappa shape index (κ3) is 2.09. The molecule has 0 N–H and O–H groups in total. The van der Waals surface area contributed by atoms with Crippen LogP contribution in [0.25, 0.3) is 33.1 Å². The smallest absolute Gasteiger partial charge is 0.162 e. The van der Waals surface area contributed by atoms with Crippen molar-refractivity contribution in [1.82, 2.24) is 14.5 Å². The Kier molecular flexibility index (Phi) is 3.34. The monoisotopic (exact) mass is 319 g/mol. The van der Waals surface area contributed by atoms with E-state index < -0.39 is 0 Å². The normalized spacial score (nSPS) is 11.1. The summed E-state index contributed by atoms with van der Waals surface area (Å²) in [7, 11) is 5.29. The number of hydrogen-bond donors (Lipinski definition) is 0. The first-order chi connectivity index (χ1) is 11.7. The lowest BCUT2D eigenvalue weighted by Crippen LogP contribution is -1.94. The van der Waals surface area contributed by atoms with E-state index in [9.17, 15) is 0 Å². The second-order valence-electron chi connectivity index (χ2n) is 5.62. The molecule has 2 aromatic carbocycles. The van der Waals surface area contributed by atoms with Gasteiger partial charge in [-0.1, -0.05) is 18.2 Å². The van der Waals surface area contributed by atoms with Crippen molar-refractivity contribution in [1.29, 1.82) is 0 Å². The van der Waals surface area contributed by atoms with Crippen LogP contribution in [0.4, 0.5) is 0 Å². The molecule has 5 nitrogen and oxygen atoms in total. The Balaban J connectivity index is 2.06. The Morgan fingerprint density at radius 1 is 0.917 bits per heavy atom. The molecule has 0 bridgehead atoms. The fourth-order valence-electron chi connectivity index (χ4n) is 3.13. The molecule has 4 aromatic rings. The van der Waals surface area contributed by atoms with Gasteiger partial charge in [-0.05, 0) is 12.1 Å². The first-order valence-electron chi connectivity index (χ1n) is 7.64. The lowest BCUT2D eigenvalue weighted by atomic mass is 10.1. The van der Waals surface area contributed by atoms with Crippen LogP contribution < -0.4 is 9.47 Å². The molecule has 0 saturated carbocycles. The molecule has 0 aliphatic rings. The predicted octanol–water partition coefficient (Wildman–Crippen LogP) is 3.81. The lowest BCUT2D eigenvalue weighted by molar-refractivity contribution is 0.356. The number of aryl methyl sites for hydroxylation is 1. The molecule has 0 aliphatic heterocycles. The number of nitrogens with zero attached hydrogens (tertiary/aromatic N) is 3. The average Bonchev–Trinajstić information content (AvgIpc) is 2.97. The third-order valence-electron chi connectivity index (χ3n) is 4.29. The average molecular weight is 319 g/mol. The Labute approximate surface area is 139 Å². The van der Waals surface area contributed by atoms with E-state index in [1.807, 2.05) is 31.3 Å².